The van der Waals surface area contributed by atoms with Gasteiger partial charge in [0.05, 0.1) is 11.4 Å². The number of rotatable bonds is 1. The van der Waals surface area contributed by atoms with Gasteiger partial charge in [-0.1, -0.05) is 43.3 Å². The lowest BCUT2D eigenvalue weighted by Gasteiger charge is -2.58. The van der Waals surface area contributed by atoms with Crippen molar-refractivity contribution in [2.75, 3.05) is 11.9 Å². The normalized spacial score (nSPS) is 29.7. The summed E-state index contributed by atoms with van der Waals surface area (Å²) in [6, 6.07) is 8.73. The molecule has 0 spiro atoms. The van der Waals surface area contributed by atoms with Crippen molar-refractivity contribution in [2.24, 2.45) is 17.3 Å². The minimum Gasteiger partial charge on any atom is -0.343 e. The number of hydrogen-bond acceptors (Lipinski definition) is 2. The molecule has 2 atom stereocenters. The van der Waals surface area contributed by atoms with Crippen LogP contribution in [0.15, 0.2) is 51.4 Å². The lowest BCUT2D eigenvalue weighted by molar-refractivity contribution is -0.00848. The SMILES string of the molecule is CC1=C(C2=CSc3ccccc3N2C)[C@@H]2C[C@H](C1)C2(C)C. The van der Waals surface area contributed by atoms with E-state index in [-0.39, 0.29) is 0 Å². The van der Waals surface area contributed by atoms with Gasteiger partial charge in [-0.25, -0.2) is 0 Å². The quantitative estimate of drug-likeness (QED) is 0.678. The molecule has 0 radical (unpaired) electrons. The van der Waals surface area contributed by atoms with Crippen molar-refractivity contribution < 1.29 is 0 Å². The van der Waals surface area contributed by atoms with Crippen LogP contribution in [0.3, 0.4) is 0 Å². The molecule has 1 aromatic carbocycles. The number of hydrogen-bond donors (Lipinski definition) is 0. The molecule has 0 N–H and O–H groups in total. The maximum atomic E-state index is 2.46. The highest BCUT2D eigenvalue weighted by molar-refractivity contribution is 8.02. The molecule has 21 heavy (non-hydrogen) atoms. The summed E-state index contributed by atoms with van der Waals surface area (Å²) in [5, 5.41) is 2.37. The zero-order valence-corrected chi connectivity index (χ0v) is 14.1. The molecule has 1 heterocycles. The molecule has 0 aromatic heterocycles. The molecule has 1 fully saturated rings. The molecule has 5 rings (SSSR count). The maximum Gasteiger partial charge on any atom is 0.0549 e. The van der Waals surface area contributed by atoms with Gasteiger partial charge >= 0.3 is 0 Å². The van der Waals surface area contributed by atoms with Crippen LogP contribution < -0.4 is 4.90 Å². The van der Waals surface area contributed by atoms with Crippen LogP contribution in [-0.2, 0) is 0 Å². The van der Waals surface area contributed by atoms with Gasteiger partial charge in [0.2, 0.25) is 0 Å². The summed E-state index contributed by atoms with van der Waals surface area (Å²) in [7, 11) is 2.22. The molecule has 1 aliphatic heterocycles. The second kappa shape index (κ2) is 4.42. The molecule has 3 aliphatic carbocycles. The van der Waals surface area contributed by atoms with Crippen LogP contribution in [0.1, 0.15) is 33.6 Å². The Labute approximate surface area is 132 Å². The van der Waals surface area contributed by atoms with E-state index in [0.717, 1.165) is 11.8 Å². The molecule has 2 heteroatoms. The standard InChI is InChI=1S/C19H23NS/c1-12-9-13-10-14(19(13,2)3)18(12)16-11-21-17-8-6-5-7-15(17)20(16)4/h5-8,11,13-14H,9-10H2,1-4H3/t13-,14-/m0/s1. The van der Waals surface area contributed by atoms with E-state index in [1.54, 1.807) is 11.1 Å². The van der Waals surface area contributed by atoms with Gasteiger partial charge in [-0.2, -0.15) is 0 Å². The van der Waals surface area contributed by atoms with Crippen LogP contribution in [0.25, 0.3) is 0 Å². The van der Waals surface area contributed by atoms with Crippen molar-refractivity contribution in [1.82, 2.24) is 0 Å². The Hall–Kier alpha value is -1.15. The average Bonchev–Trinajstić information content (AvgIpc) is 2.48. The highest BCUT2D eigenvalue weighted by atomic mass is 32.2. The molecule has 110 valence electrons. The van der Waals surface area contributed by atoms with Crippen LogP contribution in [0.5, 0.6) is 0 Å². The fraction of sp³-hybridized carbons (Fsp3) is 0.474. The van der Waals surface area contributed by atoms with Crippen LogP contribution in [0.2, 0.25) is 0 Å². The van der Waals surface area contributed by atoms with Crippen molar-refractivity contribution in [3.8, 4) is 0 Å². The Bertz CT molecular complexity index is 668. The van der Waals surface area contributed by atoms with E-state index in [1.807, 2.05) is 11.8 Å². The number of anilines is 1. The third kappa shape index (κ3) is 1.78. The maximum absolute atomic E-state index is 2.46. The van der Waals surface area contributed by atoms with Crippen molar-refractivity contribution in [3.05, 3.63) is 46.5 Å². The summed E-state index contributed by atoms with van der Waals surface area (Å²) in [6.45, 7) is 7.27. The Morgan fingerprint density at radius 3 is 2.76 bits per heavy atom. The van der Waals surface area contributed by atoms with E-state index >= 15 is 0 Å². The number of allylic oxidation sites excluding steroid dienone is 2. The van der Waals surface area contributed by atoms with E-state index in [2.05, 4.69) is 62.4 Å². The molecule has 2 bridgehead atoms. The van der Waals surface area contributed by atoms with E-state index in [4.69, 9.17) is 0 Å². The van der Waals surface area contributed by atoms with Crippen LogP contribution >= 0.6 is 11.8 Å². The smallest absolute Gasteiger partial charge is 0.0549 e. The Balaban J connectivity index is 1.77. The van der Waals surface area contributed by atoms with Crippen molar-refractivity contribution in [1.29, 1.82) is 0 Å². The zero-order chi connectivity index (χ0) is 14.8. The first-order valence-corrected chi connectivity index (χ1v) is 8.77. The van der Waals surface area contributed by atoms with Gasteiger partial charge < -0.3 is 4.90 Å². The molecule has 0 saturated heterocycles. The lowest BCUT2D eigenvalue weighted by Crippen LogP contribution is -2.50. The number of para-hydroxylation sites is 1. The van der Waals surface area contributed by atoms with Gasteiger partial charge in [0.25, 0.3) is 0 Å². The molecule has 1 aromatic rings. The van der Waals surface area contributed by atoms with E-state index in [9.17, 15) is 0 Å². The summed E-state index contributed by atoms with van der Waals surface area (Å²) in [4.78, 5) is 3.77. The second-order valence-electron chi connectivity index (χ2n) is 7.35. The van der Waals surface area contributed by atoms with Gasteiger partial charge in [-0.15, -0.1) is 0 Å². The molecule has 0 amide bonds. The van der Waals surface area contributed by atoms with Gasteiger partial charge in [0, 0.05) is 11.9 Å². The fourth-order valence-corrected chi connectivity index (χ4v) is 5.44. The highest BCUT2D eigenvalue weighted by Gasteiger charge is 2.53. The van der Waals surface area contributed by atoms with Crippen LogP contribution in [-0.4, -0.2) is 7.05 Å². The first-order valence-electron chi connectivity index (χ1n) is 7.89. The number of benzene rings is 1. The van der Waals surface area contributed by atoms with E-state index in [0.29, 0.717) is 5.41 Å². The molecule has 1 nitrogen and oxygen atoms in total. The van der Waals surface area contributed by atoms with Crippen LogP contribution in [0.4, 0.5) is 5.69 Å². The van der Waals surface area contributed by atoms with Gasteiger partial charge in [0.1, 0.15) is 0 Å². The van der Waals surface area contributed by atoms with Crippen molar-refractivity contribution in [3.63, 3.8) is 0 Å². The number of likely N-dealkylation sites (N-methyl/N-ethyl adjacent to an activating group) is 1. The first-order chi connectivity index (χ1) is 10.00. The Morgan fingerprint density at radius 2 is 2.00 bits per heavy atom. The van der Waals surface area contributed by atoms with Gasteiger partial charge in [0.15, 0.2) is 0 Å². The molecule has 4 aliphatic rings. The van der Waals surface area contributed by atoms with Gasteiger partial charge in [-0.05, 0) is 60.1 Å². The van der Waals surface area contributed by atoms with Gasteiger partial charge in [-0.3, -0.25) is 0 Å². The third-order valence-corrected chi connectivity index (χ3v) is 6.93. The predicted molar refractivity (Wildman–Crippen MR) is 91.5 cm³/mol. The largest absolute Gasteiger partial charge is 0.343 e. The third-order valence-electron chi connectivity index (χ3n) is 5.99. The molecule has 1 saturated carbocycles. The zero-order valence-electron chi connectivity index (χ0n) is 13.3. The molecular formula is C19H23NS. The summed E-state index contributed by atoms with van der Waals surface area (Å²) >= 11 is 1.88. The van der Waals surface area contributed by atoms with E-state index < -0.39 is 0 Å². The number of nitrogens with zero attached hydrogens (tertiary/aromatic N) is 1. The summed E-state index contributed by atoms with van der Waals surface area (Å²) < 4.78 is 0. The van der Waals surface area contributed by atoms with Crippen molar-refractivity contribution >= 4 is 17.4 Å². The summed E-state index contributed by atoms with van der Waals surface area (Å²) in [6.07, 6.45) is 2.67. The Morgan fingerprint density at radius 1 is 1.24 bits per heavy atom. The Kier molecular flexibility index (Phi) is 2.85. The second-order valence-corrected chi connectivity index (χ2v) is 8.26. The number of fused-ring (bicyclic) bond motifs is 2. The lowest BCUT2D eigenvalue weighted by atomic mass is 9.47. The monoisotopic (exact) mass is 297 g/mol. The molecular weight excluding hydrogens is 274 g/mol. The first kappa shape index (κ1) is 13.5. The van der Waals surface area contributed by atoms with Crippen LogP contribution in [0, 0.1) is 17.3 Å². The van der Waals surface area contributed by atoms with E-state index in [1.165, 1.54) is 29.1 Å². The highest BCUT2D eigenvalue weighted by Crippen LogP contribution is 2.63. The van der Waals surface area contributed by atoms with Crippen molar-refractivity contribution in [2.45, 2.75) is 38.5 Å². The summed E-state index contributed by atoms with van der Waals surface area (Å²) in [5.41, 5.74) is 6.52. The minimum absolute atomic E-state index is 0.484. The predicted octanol–water partition coefficient (Wildman–Crippen LogP) is 5.45. The minimum atomic E-state index is 0.484. The number of thioether (sulfide) groups is 1. The topological polar surface area (TPSA) is 3.24 Å². The summed E-state index contributed by atoms with van der Waals surface area (Å²) in [5.74, 6) is 1.65. The fourth-order valence-electron chi connectivity index (χ4n) is 4.43. The average molecular weight is 297 g/mol. The molecule has 0 unspecified atom stereocenters.